The molecular formula is C17H32I2Si. The molecule has 118 valence electrons. The van der Waals surface area contributed by atoms with Crippen molar-refractivity contribution in [2.24, 2.45) is 0 Å². The molecule has 0 saturated heterocycles. The largest absolute Gasteiger partial charge is 0.0858 e. The quantitative estimate of drug-likeness (QED) is 0.165. The Morgan fingerprint density at radius 2 is 1.30 bits per heavy atom. The van der Waals surface area contributed by atoms with Crippen LogP contribution in [0, 0.1) is 0 Å². The summed E-state index contributed by atoms with van der Waals surface area (Å²) in [4.78, 5) is 0. The molecule has 0 N–H and O–H groups in total. The highest BCUT2D eigenvalue weighted by Gasteiger charge is 2.23. The summed E-state index contributed by atoms with van der Waals surface area (Å²) < 4.78 is 3.32. The summed E-state index contributed by atoms with van der Waals surface area (Å²) in [5.41, 5.74) is 3.40. The van der Waals surface area contributed by atoms with Gasteiger partial charge in [0.05, 0.1) is 8.07 Å². The van der Waals surface area contributed by atoms with E-state index in [1.54, 1.807) is 17.9 Å². The molecule has 0 heterocycles. The molecule has 0 aliphatic carbocycles. The molecule has 0 aromatic carbocycles. The van der Waals surface area contributed by atoms with Crippen LogP contribution in [0.15, 0.2) is 17.9 Å². The van der Waals surface area contributed by atoms with Crippen LogP contribution >= 0.6 is 45.2 Å². The van der Waals surface area contributed by atoms with Gasteiger partial charge in [-0.3, -0.25) is 0 Å². The van der Waals surface area contributed by atoms with Crippen LogP contribution in [0.4, 0.5) is 0 Å². The summed E-state index contributed by atoms with van der Waals surface area (Å²) >= 11 is 5.28. The Hall–Kier alpha value is 1.16. The fourth-order valence-electron chi connectivity index (χ4n) is 2.27. The van der Waals surface area contributed by atoms with Gasteiger partial charge in [0.25, 0.3) is 0 Å². The lowest BCUT2D eigenvalue weighted by molar-refractivity contribution is 0.772. The van der Waals surface area contributed by atoms with Gasteiger partial charge in [-0.05, 0) is 66.2 Å². The smallest absolute Gasteiger partial charge is 0.0654 e. The van der Waals surface area contributed by atoms with Crippen LogP contribution in [0.2, 0.25) is 19.6 Å². The average molecular weight is 518 g/mol. The first-order valence-corrected chi connectivity index (χ1v) is 13.7. The van der Waals surface area contributed by atoms with Gasteiger partial charge in [-0.1, -0.05) is 82.3 Å². The van der Waals surface area contributed by atoms with Crippen LogP contribution in [0.5, 0.6) is 0 Å². The van der Waals surface area contributed by atoms with Crippen molar-refractivity contribution < 1.29 is 0 Å². The van der Waals surface area contributed by atoms with E-state index in [4.69, 9.17) is 0 Å². The Balaban J connectivity index is 5.73. The SMILES string of the molecule is CCCCC(/C(CCC)=C(\I)CCC)=C(/I)[Si](C)(C)C. The van der Waals surface area contributed by atoms with Gasteiger partial charge in [0.2, 0.25) is 0 Å². The third kappa shape index (κ3) is 7.43. The van der Waals surface area contributed by atoms with E-state index in [-0.39, 0.29) is 0 Å². The van der Waals surface area contributed by atoms with Gasteiger partial charge >= 0.3 is 0 Å². The van der Waals surface area contributed by atoms with Gasteiger partial charge in [-0.15, -0.1) is 0 Å². The number of allylic oxidation sites excluding steroid dienone is 3. The molecule has 0 unspecified atom stereocenters. The zero-order valence-electron chi connectivity index (χ0n) is 14.2. The van der Waals surface area contributed by atoms with Crippen LogP contribution in [0.25, 0.3) is 0 Å². The fraction of sp³-hybridized carbons (Fsp3) is 0.765. The Labute approximate surface area is 155 Å². The van der Waals surface area contributed by atoms with Gasteiger partial charge in [0, 0.05) is 0 Å². The van der Waals surface area contributed by atoms with E-state index in [9.17, 15) is 0 Å². The molecule has 0 aliphatic rings. The lowest BCUT2D eigenvalue weighted by atomic mass is 9.97. The molecule has 0 aliphatic heterocycles. The van der Waals surface area contributed by atoms with Crippen molar-refractivity contribution in [1.82, 2.24) is 0 Å². The Bertz CT molecular complexity index is 348. The maximum absolute atomic E-state index is 2.67. The first-order valence-electron chi connectivity index (χ1n) is 8.06. The summed E-state index contributed by atoms with van der Waals surface area (Å²) in [5, 5.41) is 0. The van der Waals surface area contributed by atoms with E-state index in [1.165, 1.54) is 44.9 Å². The summed E-state index contributed by atoms with van der Waals surface area (Å²) in [6.45, 7) is 14.4. The number of unbranched alkanes of at least 4 members (excludes halogenated alkanes) is 1. The molecule has 0 rings (SSSR count). The lowest BCUT2D eigenvalue weighted by Gasteiger charge is -2.24. The molecule has 0 radical (unpaired) electrons. The van der Waals surface area contributed by atoms with Crippen molar-refractivity contribution in [3.05, 3.63) is 17.9 Å². The minimum atomic E-state index is -1.21. The van der Waals surface area contributed by atoms with E-state index in [0.717, 1.165) is 0 Å². The second-order valence-electron chi connectivity index (χ2n) is 6.53. The molecule has 0 aromatic heterocycles. The highest BCUT2D eigenvalue weighted by atomic mass is 127. The second kappa shape index (κ2) is 10.8. The summed E-state index contributed by atoms with van der Waals surface area (Å²) in [6.07, 6.45) is 8.94. The Morgan fingerprint density at radius 3 is 1.70 bits per heavy atom. The highest BCUT2D eigenvalue weighted by molar-refractivity contribution is 14.1. The van der Waals surface area contributed by atoms with Crippen LogP contribution in [-0.2, 0) is 0 Å². The third-order valence-electron chi connectivity index (χ3n) is 3.36. The van der Waals surface area contributed by atoms with Crippen LogP contribution in [0.3, 0.4) is 0 Å². The van der Waals surface area contributed by atoms with E-state index in [2.05, 4.69) is 85.6 Å². The molecule has 0 saturated carbocycles. The van der Waals surface area contributed by atoms with Crippen molar-refractivity contribution in [2.75, 3.05) is 0 Å². The Kier molecular flexibility index (Phi) is 11.4. The normalized spacial score (nSPS) is 15.0. The maximum atomic E-state index is 2.67. The van der Waals surface area contributed by atoms with Crippen molar-refractivity contribution in [3.63, 3.8) is 0 Å². The third-order valence-corrected chi connectivity index (χ3v) is 11.7. The molecule has 0 amide bonds. The molecule has 3 heteroatoms. The van der Waals surface area contributed by atoms with Gasteiger partial charge in [-0.2, -0.15) is 0 Å². The molecule has 0 nitrogen and oxygen atoms in total. The molecule has 0 spiro atoms. The predicted molar refractivity (Wildman–Crippen MR) is 115 cm³/mol. The zero-order chi connectivity index (χ0) is 15.8. The van der Waals surface area contributed by atoms with E-state index in [0.29, 0.717) is 0 Å². The topological polar surface area (TPSA) is 0 Å². The number of hydrogen-bond donors (Lipinski definition) is 0. The van der Waals surface area contributed by atoms with Gasteiger partial charge < -0.3 is 0 Å². The van der Waals surface area contributed by atoms with Crippen LogP contribution in [0.1, 0.15) is 65.7 Å². The van der Waals surface area contributed by atoms with Gasteiger partial charge in [-0.25, -0.2) is 0 Å². The number of hydrogen-bond acceptors (Lipinski definition) is 0. The first kappa shape index (κ1) is 21.2. The molecule has 0 atom stereocenters. The fourth-order valence-corrected chi connectivity index (χ4v) is 5.18. The van der Waals surface area contributed by atoms with Crippen molar-refractivity contribution in [3.8, 4) is 0 Å². The molecule has 0 aromatic rings. The minimum Gasteiger partial charge on any atom is -0.0654 e. The van der Waals surface area contributed by atoms with Gasteiger partial charge in [0.1, 0.15) is 0 Å². The van der Waals surface area contributed by atoms with Crippen molar-refractivity contribution in [1.29, 1.82) is 0 Å². The lowest BCUT2D eigenvalue weighted by Crippen LogP contribution is -2.22. The van der Waals surface area contributed by atoms with E-state index in [1.807, 2.05) is 0 Å². The second-order valence-corrected chi connectivity index (χ2v) is 14.9. The average Bonchev–Trinajstić information content (AvgIpc) is 2.36. The minimum absolute atomic E-state index is 1.21. The molecule has 0 bridgehead atoms. The van der Waals surface area contributed by atoms with Crippen molar-refractivity contribution in [2.45, 2.75) is 85.4 Å². The zero-order valence-corrected chi connectivity index (χ0v) is 19.5. The number of rotatable bonds is 9. The standard InChI is InChI=1S/C17H32I2Si/c1-7-10-13-15(17(19)20(4,5)6)14(11-8-2)16(18)12-9-3/h7-13H2,1-6H3/b16-14-,17-15+. The molecule has 20 heavy (non-hydrogen) atoms. The van der Waals surface area contributed by atoms with Crippen LogP contribution < -0.4 is 0 Å². The monoisotopic (exact) mass is 518 g/mol. The first-order chi connectivity index (χ1) is 9.29. The summed E-state index contributed by atoms with van der Waals surface area (Å²) in [6, 6.07) is 0. The van der Waals surface area contributed by atoms with Gasteiger partial charge in [0.15, 0.2) is 0 Å². The Morgan fingerprint density at radius 1 is 0.750 bits per heavy atom. The molecule has 0 fully saturated rings. The van der Waals surface area contributed by atoms with Crippen molar-refractivity contribution >= 4 is 53.3 Å². The molecular weight excluding hydrogens is 486 g/mol. The summed E-state index contributed by atoms with van der Waals surface area (Å²) in [5.74, 6) is 0. The van der Waals surface area contributed by atoms with Crippen LogP contribution in [-0.4, -0.2) is 8.07 Å². The maximum Gasteiger partial charge on any atom is 0.0858 e. The number of halogens is 2. The highest BCUT2D eigenvalue weighted by Crippen LogP contribution is 2.37. The predicted octanol–water partition coefficient (Wildman–Crippen LogP) is 8.03. The summed E-state index contributed by atoms with van der Waals surface area (Å²) in [7, 11) is -1.21. The van der Waals surface area contributed by atoms with E-state index >= 15 is 0 Å². The van der Waals surface area contributed by atoms with E-state index < -0.39 is 8.07 Å².